The fourth-order valence-corrected chi connectivity index (χ4v) is 1.99. The maximum Gasteiger partial charge on any atom is 0.329 e. The van der Waals surface area contributed by atoms with Gasteiger partial charge in [-0.15, -0.1) is 0 Å². The van der Waals surface area contributed by atoms with E-state index >= 15 is 0 Å². The molecule has 0 fully saturated rings. The number of methoxy groups -OCH3 is 1. The third-order valence-electron chi connectivity index (χ3n) is 3.05. The molecule has 0 saturated heterocycles. The second-order valence-electron chi connectivity index (χ2n) is 4.68. The molecule has 22 heavy (non-hydrogen) atoms. The average Bonchev–Trinajstić information content (AvgIpc) is 2.44. The van der Waals surface area contributed by atoms with E-state index in [0.717, 1.165) is 12.2 Å². The zero-order valence-electron chi connectivity index (χ0n) is 12.0. The van der Waals surface area contributed by atoms with Crippen molar-refractivity contribution in [3.05, 3.63) is 41.7 Å². The van der Waals surface area contributed by atoms with Gasteiger partial charge in [0, 0.05) is 6.08 Å². The van der Waals surface area contributed by atoms with Gasteiger partial charge in [0.15, 0.2) is 29.0 Å². The molecule has 114 valence electrons. The lowest BCUT2D eigenvalue weighted by Gasteiger charge is -2.15. The van der Waals surface area contributed by atoms with Gasteiger partial charge in [-0.2, -0.15) is 0 Å². The molecule has 0 radical (unpaired) electrons. The number of carbonyl (C=O) groups is 3. The van der Waals surface area contributed by atoms with E-state index in [1.165, 1.54) is 32.2 Å². The van der Waals surface area contributed by atoms with Crippen LogP contribution in [0.4, 0.5) is 0 Å². The zero-order chi connectivity index (χ0) is 16.3. The van der Waals surface area contributed by atoms with Crippen molar-refractivity contribution >= 4 is 23.6 Å². The fraction of sp³-hybridized carbons (Fsp3) is 0.188. The molecule has 1 aliphatic heterocycles. The van der Waals surface area contributed by atoms with Crippen LogP contribution < -0.4 is 4.74 Å². The summed E-state index contributed by atoms with van der Waals surface area (Å²) in [6, 6.07) is 4.55. The van der Waals surface area contributed by atoms with Gasteiger partial charge in [-0.3, -0.25) is 14.4 Å². The average molecular weight is 302 g/mol. The van der Waals surface area contributed by atoms with Crippen LogP contribution in [-0.4, -0.2) is 29.8 Å². The second-order valence-corrected chi connectivity index (χ2v) is 4.68. The molecule has 1 aromatic carbocycles. The van der Waals surface area contributed by atoms with E-state index in [1.807, 2.05) is 0 Å². The Morgan fingerprint density at radius 3 is 2.68 bits per heavy atom. The molecule has 1 heterocycles. The molecule has 0 aliphatic carbocycles. The van der Waals surface area contributed by atoms with E-state index in [9.17, 15) is 19.5 Å². The first-order valence-corrected chi connectivity index (χ1v) is 6.45. The van der Waals surface area contributed by atoms with Crippen molar-refractivity contribution in [2.24, 2.45) is 5.92 Å². The first kappa shape index (κ1) is 15.5. The SMILES string of the molecule is COc1ccc(/C=C/C(=O)[C@H]2C(=O)C=C(C)OC2=O)cc1O. The van der Waals surface area contributed by atoms with Crippen LogP contribution in [0, 0.1) is 5.92 Å². The van der Waals surface area contributed by atoms with Crippen molar-refractivity contribution in [1.82, 2.24) is 0 Å². The lowest BCUT2D eigenvalue weighted by atomic mass is 9.96. The molecule has 0 aromatic heterocycles. The molecule has 1 aromatic rings. The first-order chi connectivity index (χ1) is 10.4. The van der Waals surface area contributed by atoms with Crippen molar-refractivity contribution in [3.63, 3.8) is 0 Å². The topological polar surface area (TPSA) is 89.9 Å². The number of phenolic OH excluding ortho intramolecular Hbond substituents is 1. The molecule has 6 nitrogen and oxygen atoms in total. The van der Waals surface area contributed by atoms with Gasteiger partial charge in [0.05, 0.1) is 7.11 Å². The molecule has 0 saturated carbocycles. The highest BCUT2D eigenvalue weighted by atomic mass is 16.5. The van der Waals surface area contributed by atoms with Gasteiger partial charge in [0.2, 0.25) is 0 Å². The summed E-state index contributed by atoms with van der Waals surface area (Å²) in [5.74, 6) is -3.22. The highest BCUT2D eigenvalue weighted by Crippen LogP contribution is 2.26. The molecule has 2 rings (SSSR count). The summed E-state index contributed by atoms with van der Waals surface area (Å²) in [4.78, 5) is 35.3. The summed E-state index contributed by atoms with van der Waals surface area (Å²) in [5.41, 5.74) is 0.523. The molecule has 0 amide bonds. The van der Waals surface area contributed by atoms with E-state index in [-0.39, 0.29) is 11.5 Å². The molecule has 1 atom stereocenters. The fourth-order valence-electron chi connectivity index (χ4n) is 1.99. The number of cyclic esters (lactones) is 1. The molecule has 0 spiro atoms. The van der Waals surface area contributed by atoms with Crippen molar-refractivity contribution in [1.29, 1.82) is 0 Å². The first-order valence-electron chi connectivity index (χ1n) is 6.45. The van der Waals surface area contributed by atoms with Crippen LogP contribution >= 0.6 is 0 Å². The number of benzene rings is 1. The van der Waals surface area contributed by atoms with Crippen LogP contribution in [0.25, 0.3) is 6.08 Å². The summed E-state index contributed by atoms with van der Waals surface area (Å²) < 4.78 is 9.69. The van der Waals surface area contributed by atoms with Crippen molar-refractivity contribution < 1.29 is 29.0 Å². The van der Waals surface area contributed by atoms with Crippen molar-refractivity contribution in [2.45, 2.75) is 6.92 Å². The number of hydrogen-bond acceptors (Lipinski definition) is 6. The number of aromatic hydroxyl groups is 1. The standard InChI is InChI=1S/C16H14O6/c1-9-7-13(19)15(16(20)22-9)11(17)5-3-10-4-6-14(21-2)12(18)8-10/h3-8,15,18H,1-2H3/b5-3+/t15-/m0/s1. The van der Waals surface area contributed by atoms with Crippen LogP contribution in [-0.2, 0) is 19.1 Å². The van der Waals surface area contributed by atoms with Gasteiger partial charge in [-0.05, 0) is 30.7 Å². The smallest absolute Gasteiger partial charge is 0.329 e. The van der Waals surface area contributed by atoms with Gasteiger partial charge in [0.25, 0.3) is 0 Å². The zero-order valence-corrected chi connectivity index (χ0v) is 12.0. The van der Waals surface area contributed by atoms with Gasteiger partial charge >= 0.3 is 5.97 Å². The summed E-state index contributed by atoms with van der Waals surface area (Å²) >= 11 is 0. The van der Waals surface area contributed by atoms with Gasteiger partial charge < -0.3 is 14.6 Å². The Balaban J connectivity index is 2.16. The highest BCUT2D eigenvalue weighted by Gasteiger charge is 2.36. The van der Waals surface area contributed by atoms with Gasteiger partial charge in [0.1, 0.15) is 5.76 Å². The number of phenols is 1. The number of esters is 1. The Bertz CT molecular complexity index is 699. The minimum absolute atomic E-state index is 0.0798. The maximum absolute atomic E-state index is 12.0. The summed E-state index contributed by atoms with van der Waals surface area (Å²) in [6.07, 6.45) is 3.63. The Kier molecular flexibility index (Phi) is 4.41. The van der Waals surface area contributed by atoms with E-state index in [1.54, 1.807) is 6.07 Å². The maximum atomic E-state index is 12.0. The lowest BCUT2D eigenvalue weighted by molar-refractivity contribution is -0.151. The van der Waals surface area contributed by atoms with Crippen LogP contribution in [0.3, 0.4) is 0 Å². The highest BCUT2D eigenvalue weighted by molar-refractivity contribution is 6.25. The molecule has 0 unspecified atom stereocenters. The van der Waals surface area contributed by atoms with Crippen LogP contribution in [0.1, 0.15) is 12.5 Å². The minimum atomic E-state index is -1.47. The number of ketones is 2. The predicted octanol–water partition coefficient (Wildman–Crippen LogP) is 1.63. The molecular weight excluding hydrogens is 288 g/mol. The lowest BCUT2D eigenvalue weighted by Crippen LogP contribution is -2.34. The normalized spacial score (nSPS) is 18.1. The van der Waals surface area contributed by atoms with Crippen LogP contribution in [0.15, 0.2) is 36.1 Å². The number of ether oxygens (including phenoxy) is 2. The Labute approximate surface area is 126 Å². The van der Waals surface area contributed by atoms with Gasteiger partial charge in [-0.1, -0.05) is 12.1 Å². The number of allylic oxidation sites excluding steroid dienone is 3. The van der Waals surface area contributed by atoms with E-state index in [4.69, 9.17) is 9.47 Å². The molecule has 1 aliphatic rings. The van der Waals surface area contributed by atoms with E-state index in [2.05, 4.69) is 0 Å². The summed E-state index contributed by atoms with van der Waals surface area (Å²) in [6.45, 7) is 1.46. The third kappa shape index (κ3) is 3.22. The van der Waals surface area contributed by atoms with E-state index in [0.29, 0.717) is 11.3 Å². The Morgan fingerprint density at radius 2 is 2.09 bits per heavy atom. The van der Waals surface area contributed by atoms with Crippen molar-refractivity contribution in [2.75, 3.05) is 7.11 Å². The second kappa shape index (κ2) is 6.26. The molecular formula is C16H14O6. The van der Waals surface area contributed by atoms with Crippen molar-refractivity contribution in [3.8, 4) is 11.5 Å². The minimum Gasteiger partial charge on any atom is -0.504 e. The largest absolute Gasteiger partial charge is 0.504 e. The molecule has 6 heteroatoms. The number of rotatable bonds is 4. The number of hydrogen-bond donors (Lipinski definition) is 1. The molecule has 0 bridgehead atoms. The predicted molar refractivity (Wildman–Crippen MR) is 77.0 cm³/mol. The Hall–Kier alpha value is -2.89. The number of carbonyl (C=O) groups excluding carboxylic acids is 3. The third-order valence-corrected chi connectivity index (χ3v) is 3.05. The Morgan fingerprint density at radius 1 is 1.36 bits per heavy atom. The van der Waals surface area contributed by atoms with Gasteiger partial charge in [-0.25, -0.2) is 0 Å². The van der Waals surface area contributed by atoms with Crippen LogP contribution in [0.2, 0.25) is 0 Å². The monoisotopic (exact) mass is 302 g/mol. The van der Waals surface area contributed by atoms with Crippen LogP contribution in [0.5, 0.6) is 11.5 Å². The summed E-state index contributed by atoms with van der Waals surface area (Å²) in [5, 5.41) is 9.64. The van der Waals surface area contributed by atoms with E-state index < -0.39 is 23.5 Å². The quantitative estimate of drug-likeness (QED) is 0.516. The molecule has 1 N–H and O–H groups in total. The summed E-state index contributed by atoms with van der Waals surface area (Å²) in [7, 11) is 1.42.